The highest BCUT2D eigenvalue weighted by Gasteiger charge is 2.42. The predicted molar refractivity (Wildman–Crippen MR) is 350 cm³/mol. The number of rotatable bonds is 21. The zero-order chi connectivity index (χ0) is 71.9. The topological polar surface area (TPSA) is 431 Å². The van der Waals surface area contributed by atoms with Gasteiger partial charge in [-0.3, -0.25) is 27.3 Å². The van der Waals surface area contributed by atoms with Gasteiger partial charge in [0.2, 0.25) is 19.7 Å². The third-order valence-electron chi connectivity index (χ3n) is 14.9. The second kappa shape index (κ2) is 25.6. The van der Waals surface area contributed by atoms with E-state index >= 15 is 0 Å². The van der Waals surface area contributed by atoms with Gasteiger partial charge < -0.3 is 18.9 Å². The summed E-state index contributed by atoms with van der Waals surface area (Å²) >= 11 is 0. The molecule has 514 valence electrons. The van der Waals surface area contributed by atoms with E-state index in [0.717, 1.165) is 66.7 Å². The zero-order valence-electron chi connectivity index (χ0n) is 51.7. The fraction of sp³-hybridized carbons (Fsp3) is 0.213. The average molecular weight is 1500 g/mol. The van der Waals surface area contributed by atoms with Gasteiger partial charge in [0.25, 0.3) is 60.7 Å². The van der Waals surface area contributed by atoms with Gasteiger partial charge in [0.05, 0.1) is 24.5 Å². The van der Waals surface area contributed by atoms with Crippen LogP contribution in [0.5, 0.6) is 34.5 Å². The molecule has 0 aliphatic heterocycles. The number of sulfone groups is 2. The maximum Gasteiger partial charge on any atom is 0.298 e. The van der Waals surface area contributed by atoms with Crippen molar-refractivity contribution in [1.82, 2.24) is 0 Å². The van der Waals surface area contributed by atoms with Crippen LogP contribution in [0.2, 0.25) is 0 Å². The van der Waals surface area contributed by atoms with Gasteiger partial charge in [0.1, 0.15) is 69.9 Å². The molecule has 2 unspecified atom stereocenters. The van der Waals surface area contributed by atoms with E-state index in [1.54, 1.807) is 55.4 Å². The van der Waals surface area contributed by atoms with Crippen LogP contribution in [0, 0.1) is 0 Å². The molecule has 26 nitrogen and oxygen atoms in total. The van der Waals surface area contributed by atoms with Crippen LogP contribution in [-0.4, -0.2) is 106 Å². The number of ether oxygens (including phenoxy) is 4. The molecule has 8 aromatic rings. The molecule has 0 heterocycles. The van der Waals surface area contributed by atoms with Crippen molar-refractivity contribution in [1.29, 1.82) is 0 Å². The minimum Gasteiger partial charge on any atom is -0.487 e. The minimum absolute atomic E-state index is 0.0328. The first-order valence-electron chi connectivity index (χ1n) is 27.5. The van der Waals surface area contributed by atoms with Crippen LogP contribution in [0.1, 0.15) is 73.4 Å². The van der Waals surface area contributed by atoms with E-state index in [-0.39, 0.29) is 49.1 Å². The average Bonchev–Trinajstić information content (AvgIpc) is 0.768. The van der Waals surface area contributed by atoms with Gasteiger partial charge in [-0.15, -0.1) is 0 Å². The molecule has 0 aromatic heterocycles. The smallest absolute Gasteiger partial charge is 0.298 e. The Morgan fingerprint density at radius 1 is 0.312 bits per heavy atom. The maximum absolute atomic E-state index is 14.0. The second-order valence-corrected chi connectivity index (χ2v) is 37.6. The molecule has 6 N–H and O–H groups in total. The summed E-state index contributed by atoms with van der Waals surface area (Å²) in [6.45, 7) is 14.6. The molecule has 35 heteroatoms. The number of hydrogen-bond donors (Lipinski definition) is 6. The van der Waals surface area contributed by atoms with E-state index in [9.17, 15) is 94.7 Å². The van der Waals surface area contributed by atoms with Crippen molar-refractivity contribution in [3.05, 3.63) is 169 Å². The summed E-state index contributed by atoms with van der Waals surface area (Å²) in [6, 6.07) is 28.2. The largest absolute Gasteiger partial charge is 0.487 e. The lowest BCUT2D eigenvalue weighted by Crippen LogP contribution is -2.45. The summed E-state index contributed by atoms with van der Waals surface area (Å²) in [5.41, 5.74) is -2.64. The molecule has 0 spiro atoms. The molecular formula is C61H61O26PS8. The molecule has 0 aliphatic carbocycles. The SMILES string of the molecule is CC(C)(C)Oc1ccc(-c2ccc(Oc3ccc(S(=O)(=O)c4ccc(C(C)(C)C(C)(P)Oc5ccc(-c6ccc(Oc7ccc(S(=O)(=O)c8ccc(C(C)(C)C)c(S(=O)(=O)O)c8)cc7S(=O)(=O)O)c(S(=O)(=O)O)c6)cc5S(=O)(=O)O)cc4)cc3)c(S(=O)(=O)O)c2)cc1S(=O)(=O)O. The monoisotopic (exact) mass is 1500 g/mol. The quantitative estimate of drug-likeness (QED) is 0.0287. The first-order chi connectivity index (χ1) is 43.6. The Kier molecular flexibility index (Phi) is 19.8. The molecule has 96 heavy (non-hydrogen) atoms. The minimum atomic E-state index is -5.46. The highest BCUT2D eigenvalue weighted by molar-refractivity contribution is 7.92. The van der Waals surface area contributed by atoms with Crippen molar-refractivity contribution in [3.63, 3.8) is 0 Å². The van der Waals surface area contributed by atoms with Gasteiger partial charge in [-0.05, 0) is 182 Å². The van der Waals surface area contributed by atoms with Gasteiger partial charge in [0.15, 0.2) is 0 Å². The zero-order valence-corrected chi connectivity index (χ0v) is 59.4. The van der Waals surface area contributed by atoms with E-state index in [4.69, 9.17) is 18.9 Å². The molecule has 0 amide bonds. The van der Waals surface area contributed by atoms with Crippen LogP contribution in [0.3, 0.4) is 0 Å². The lowest BCUT2D eigenvalue weighted by molar-refractivity contribution is 0.103. The van der Waals surface area contributed by atoms with Crippen molar-refractivity contribution in [2.24, 2.45) is 0 Å². The van der Waals surface area contributed by atoms with Gasteiger partial charge in [-0.2, -0.15) is 50.5 Å². The molecule has 8 aromatic carbocycles. The van der Waals surface area contributed by atoms with Crippen molar-refractivity contribution in [3.8, 4) is 56.8 Å². The highest BCUT2D eigenvalue weighted by Crippen LogP contribution is 2.47. The highest BCUT2D eigenvalue weighted by atomic mass is 32.2. The molecule has 0 saturated heterocycles. The first kappa shape index (κ1) is 74.5. The predicted octanol–water partition coefficient (Wildman–Crippen LogP) is 11.2. The summed E-state index contributed by atoms with van der Waals surface area (Å²) in [5, 5.41) is -1.52. The first-order valence-corrected chi connectivity index (χ1v) is 39.7. The van der Waals surface area contributed by atoms with E-state index in [0.29, 0.717) is 23.8 Å². The van der Waals surface area contributed by atoms with Gasteiger partial charge in [-0.25, -0.2) is 16.8 Å². The standard InChI is InChI=1S/C61H61O26PS8/c1-58(2,3)46-24-22-44(34-52(46)91(66,67)68)90(64,65)45-23-29-49(57(35-45)96(81,82)83)85-48-26-11-37(31-54(48)93(72,73)74)39-13-28-51(56(33-39)95(78,79)80)87-61(9,88)60(7,8)40-14-18-42(19-15-40)89(62,63)43-20-16-41(17-21-43)84-47-25-10-36(30-53(47)92(69,70)71)38-12-27-50(86-59(4,5)6)55(32-38)94(75,76)77/h10-35H,88H2,1-9H3,(H,66,67,68)(H,69,70,71)(H,72,73,74)(H,75,76,77)(H,78,79,80)(H,81,82,83). The van der Waals surface area contributed by atoms with Crippen molar-refractivity contribution in [2.75, 3.05) is 0 Å². The Balaban J connectivity index is 1.02. The van der Waals surface area contributed by atoms with E-state index in [1.165, 1.54) is 79.7 Å². The van der Waals surface area contributed by atoms with E-state index in [1.807, 2.05) is 0 Å². The third-order valence-corrected chi connectivity index (χ3v) is 24.5. The summed E-state index contributed by atoms with van der Waals surface area (Å²) in [5.74, 6) is -2.83. The fourth-order valence-corrected chi connectivity index (χ4v) is 16.7. The molecule has 0 aliphatic rings. The molecule has 2 atom stereocenters. The Labute approximate surface area is 557 Å². The van der Waals surface area contributed by atoms with Crippen LogP contribution in [0.25, 0.3) is 22.3 Å². The summed E-state index contributed by atoms with van der Waals surface area (Å²) in [6.07, 6.45) is 0. The lowest BCUT2D eigenvalue weighted by Gasteiger charge is -2.42. The Bertz CT molecular complexity index is 5430. The van der Waals surface area contributed by atoms with Gasteiger partial charge in [-0.1, -0.05) is 86.3 Å². The molecular weight excluding hydrogens is 1440 g/mol. The van der Waals surface area contributed by atoms with Crippen LogP contribution in [0.4, 0.5) is 0 Å². The van der Waals surface area contributed by atoms with Crippen LogP contribution < -0.4 is 18.9 Å². The Morgan fingerprint density at radius 3 is 0.979 bits per heavy atom. The van der Waals surface area contributed by atoms with Crippen molar-refractivity contribution < 1.29 is 114 Å². The van der Waals surface area contributed by atoms with Gasteiger partial charge >= 0.3 is 0 Å². The van der Waals surface area contributed by atoms with Crippen LogP contribution >= 0.6 is 9.24 Å². The van der Waals surface area contributed by atoms with E-state index in [2.05, 4.69) is 9.24 Å². The molecule has 0 saturated carbocycles. The van der Waals surface area contributed by atoms with Crippen molar-refractivity contribution in [2.45, 2.75) is 133 Å². The molecule has 0 radical (unpaired) electrons. The fourth-order valence-electron chi connectivity index (χ4n) is 9.57. The van der Waals surface area contributed by atoms with Crippen molar-refractivity contribution >= 4 is 89.6 Å². The van der Waals surface area contributed by atoms with Crippen LogP contribution in [-0.2, 0) is 91.2 Å². The Hall–Kier alpha value is -7.25. The molecule has 0 bridgehead atoms. The summed E-state index contributed by atoms with van der Waals surface area (Å²) in [4.78, 5) is -7.34. The molecule has 8 rings (SSSR count). The maximum atomic E-state index is 14.0. The second-order valence-electron chi connectivity index (χ2n) is 24.3. The normalized spacial score (nSPS) is 14.0. The lowest BCUT2D eigenvalue weighted by atomic mass is 9.79. The summed E-state index contributed by atoms with van der Waals surface area (Å²) in [7, 11) is -37.7. The Morgan fingerprint density at radius 2 is 0.604 bits per heavy atom. The van der Waals surface area contributed by atoms with E-state index < -0.39 is 164 Å². The van der Waals surface area contributed by atoms with Crippen LogP contribution in [0.15, 0.2) is 207 Å². The molecule has 0 fully saturated rings. The van der Waals surface area contributed by atoms with Gasteiger partial charge in [0, 0.05) is 5.41 Å². The summed E-state index contributed by atoms with van der Waals surface area (Å²) < 4.78 is 293. The number of benzene rings is 8. The third kappa shape index (κ3) is 16.3. The number of hydrogen-bond acceptors (Lipinski definition) is 20.